The van der Waals surface area contributed by atoms with Crippen LogP contribution in [0, 0.1) is 0 Å². The van der Waals surface area contributed by atoms with Gasteiger partial charge in [-0.3, -0.25) is 4.79 Å². The summed E-state index contributed by atoms with van der Waals surface area (Å²) in [6, 6.07) is 7.71. The zero-order valence-corrected chi connectivity index (χ0v) is 14.5. The molecule has 0 aliphatic heterocycles. The summed E-state index contributed by atoms with van der Waals surface area (Å²) in [5.41, 5.74) is -0.351. The number of hydrogen-bond acceptors (Lipinski definition) is 2. The van der Waals surface area contributed by atoms with E-state index in [4.69, 9.17) is 23.2 Å². The van der Waals surface area contributed by atoms with Crippen molar-refractivity contribution in [1.82, 2.24) is 5.32 Å². The van der Waals surface area contributed by atoms with Gasteiger partial charge in [0.2, 0.25) is 5.91 Å². The molecule has 0 spiro atoms. The summed E-state index contributed by atoms with van der Waals surface area (Å²) in [5, 5.41) is 7.72. The molecule has 0 aliphatic carbocycles. The van der Waals surface area contributed by atoms with Crippen LogP contribution in [0.1, 0.15) is 5.56 Å². The highest BCUT2D eigenvalue weighted by Gasteiger charge is 2.29. The van der Waals surface area contributed by atoms with Gasteiger partial charge in [-0.05, 0) is 42.5 Å². The number of carbonyl (C=O) groups excluding carboxylic acids is 2. The Balaban J connectivity index is 1.83. The molecular formula is C16H12Cl2F3N3O2. The van der Waals surface area contributed by atoms with Crippen LogP contribution in [-0.4, -0.2) is 18.5 Å². The van der Waals surface area contributed by atoms with Gasteiger partial charge in [-0.1, -0.05) is 23.2 Å². The van der Waals surface area contributed by atoms with Gasteiger partial charge in [-0.25, -0.2) is 4.79 Å². The van der Waals surface area contributed by atoms with E-state index in [2.05, 4.69) is 16.0 Å². The summed E-state index contributed by atoms with van der Waals surface area (Å²) < 4.78 is 37.4. The lowest BCUT2D eigenvalue weighted by Crippen LogP contribution is -2.35. The summed E-state index contributed by atoms with van der Waals surface area (Å²) >= 11 is 11.6. The molecule has 10 heteroatoms. The van der Waals surface area contributed by atoms with Gasteiger partial charge in [0.05, 0.1) is 22.8 Å². The van der Waals surface area contributed by atoms with Gasteiger partial charge in [0.1, 0.15) is 0 Å². The summed E-state index contributed by atoms with van der Waals surface area (Å²) in [6.45, 7) is -0.391. The fourth-order valence-electron chi connectivity index (χ4n) is 1.87. The molecule has 0 radical (unpaired) electrons. The fourth-order valence-corrected chi connectivity index (χ4v) is 2.32. The minimum Gasteiger partial charge on any atom is -0.329 e. The van der Waals surface area contributed by atoms with E-state index in [0.717, 1.165) is 24.3 Å². The number of alkyl halides is 3. The molecule has 2 aromatic carbocycles. The number of hydrogen-bond donors (Lipinski definition) is 3. The third kappa shape index (κ3) is 5.82. The van der Waals surface area contributed by atoms with Crippen LogP contribution < -0.4 is 16.0 Å². The second-order valence-corrected chi connectivity index (χ2v) is 5.90. The highest BCUT2D eigenvalue weighted by atomic mass is 35.5. The van der Waals surface area contributed by atoms with Crippen molar-refractivity contribution in [3.05, 3.63) is 58.1 Å². The van der Waals surface area contributed by atoms with Crippen LogP contribution in [0.15, 0.2) is 42.5 Å². The number of urea groups is 1. The zero-order valence-electron chi connectivity index (χ0n) is 13.0. The number of halogens is 5. The van der Waals surface area contributed by atoms with Crippen LogP contribution in [0.2, 0.25) is 10.0 Å². The SMILES string of the molecule is O=C(CNC(=O)Nc1ccc(Cl)cc1Cl)Nc1ccc(C(F)(F)F)cc1. The second-order valence-electron chi connectivity index (χ2n) is 5.06. The van der Waals surface area contributed by atoms with Crippen LogP contribution in [0.5, 0.6) is 0 Å². The van der Waals surface area contributed by atoms with Gasteiger partial charge in [0.25, 0.3) is 0 Å². The maximum absolute atomic E-state index is 12.5. The largest absolute Gasteiger partial charge is 0.416 e. The first-order valence-corrected chi connectivity index (χ1v) is 7.88. The van der Waals surface area contributed by atoms with Crippen LogP contribution in [-0.2, 0) is 11.0 Å². The third-order valence-corrected chi connectivity index (χ3v) is 3.63. The first-order valence-electron chi connectivity index (χ1n) is 7.12. The summed E-state index contributed by atoms with van der Waals surface area (Å²) in [5.74, 6) is -0.609. The van der Waals surface area contributed by atoms with Gasteiger partial charge in [0.15, 0.2) is 0 Å². The topological polar surface area (TPSA) is 70.2 Å². The molecule has 0 saturated heterocycles. The maximum atomic E-state index is 12.5. The summed E-state index contributed by atoms with van der Waals surface area (Å²) in [7, 11) is 0. The molecule has 26 heavy (non-hydrogen) atoms. The van der Waals surface area contributed by atoms with E-state index in [0.29, 0.717) is 10.7 Å². The van der Waals surface area contributed by atoms with Crippen molar-refractivity contribution < 1.29 is 22.8 Å². The molecule has 0 heterocycles. The van der Waals surface area contributed by atoms with Crippen molar-refractivity contribution in [3.63, 3.8) is 0 Å². The Morgan fingerprint density at radius 2 is 1.62 bits per heavy atom. The molecule has 0 bridgehead atoms. The van der Waals surface area contributed by atoms with Crippen molar-refractivity contribution >= 4 is 46.5 Å². The van der Waals surface area contributed by atoms with E-state index in [1.54, 1.807) is 0 Å². The van der Waals surface area contributed by atoms with E-state index in [9.17, 15) is 22.8 Å². The number of nitrogens with one attached hydrogen (secondary N) is 3. The Hall–Kier alpha value is -2.45. The molecule has 0 fully saturated rings. The fraction of sp³-hybridized carbons (Fsp3) is 0.125. The lowest BCUT2D eigenvalue weighted by molar-refractivity contribution is -0.137. The van der Waals surface area contributed by atoms with Gasteiger partial charge in [0, 0.05) is 10.7 Å². The molecule has 138 valence electrons. The van der Waals surface area contributed by atoms with Crippen molar-refractivity contribution in [2.75, 3.05) is 17.2 Å². The highest BCUT2D eigenvalue weighted by Crippen LogP contribution is 2.29. The normalized spacial score (nSPS) is 11.0. The minimum absolute atomic E-state index is 0.172. The molecule has 0 aromatic heterocycles. The molecule has 3 amide bonds. The van der Waals surface area contributed by atoms with Crippen LogP contribution >= 0.6 is 23.2 Å². The van der Waals surface area contributed by atoms with Crippen molar-refractivity contribution in [2.24, 2.45) is 0 Å². The molecule has 2 rings (SSSR count). The van der Waals surface area contributed by atoms with Gasteiger partial charge in [-0.2, -0.15) is 13.2 Å². The Kier molecular flexibility index (Phi) is 6.33. The molecule has 0 unspecified atom stereocenters. The second kappa shape index (κ2) is 8.29. The van der Waals surface area contributed by atoms with Crippen molar-refractivity contribution in [3.8, 4) is 0 Å². The Labute approximate surface area is 156 Å². The molecule has 0 aliphatic rings. The predicted molar refractivity (Wildman–Crippen MR) is 93.6 cm³/mol. The molecule has 5 nitrogen and oxygen atoms in total. The Morgan fingerprint density at radius 1 is 0.962 bits per heavy atom. The highest BCUT2D eigenvalue weighted by molar-refractivity contribution is 6.36. The Bertz CT molecular complexity index is 811. The van der Waals surface area contributed by atoms with E-state index in [-0.39, 0.29) is 10.7 Å². The average Bonchev–Trinajstić information content (AvgIpc) is 2.55. The lowest BCUT2D eigenvalue weighted by Gasteiger charge is -2.10. The first kappa shape index (κ1) is 19.9. The third-order valence-electron chi connectivity index (χ3n) is 3.08. The van der Waals surface area contributed by atoms with Crippen molar-refractivity contribution in [2.45, 2.75) is 6.18 Å². The zero-order chi connectivity index (χ0) is 19.3. The maximum Gasteiger partial charge on any atom is 0.416 e. The van der Waals surface area contributed by atoms with Gasteiger partial charge < -0.3 is 16.0 Å². The molecule has 3 N–H and O–H groups in total. The number of anilines is 2. The summed E-state index contributed by atoms with van der Waals surface area (Å²) in [6.07, 6.45) is -4.45. The van der Waals surface area contributed by atoms with Gasteiger partial charge in [-0.15, -0.1) is 0 Å². The first-order chi connectivity index (χ1) is 12.1. The standard InChI is InChI=1S/C16H12Cl2F3N3O2/c17-10-3-6-13(12(18)7-10)24-15(26)22-8-14(25)23-11-4-1-9(2-5-11)16(19,20)21/h1-7H,8H2,(H,23,25)(H2,22,24,26). The van der Waals surface area contributed by atoms with Crippen molar-refractivity contribution in [1.29, 1.82) is 0 Å². The Morgan fingerprint density at radius 3 is 2.19 bits per heavy atom. The predicted octanol–water partition coefficient (Wildman–Crippen LogP) is 4.77. The monoisotopic (exact) mass is 405 g/mol. The van der Waals surface area contributed by atoms with Gasteiger partial charge >= 0.3 is 12.2 Å². The van der Waals surface area contributed by atoms with E-state index in [1.165, 1.54) is 18.2 Å². The smallest absolute Gasteiger partial charge is 0.329 e. The number of amides is 3. The molecule has 0 saturated carbocycles. The quantitative estimate of drug-likeness (QED) is 0.685. The number of carbonyl (C=O) groups is 2. The van der Waals surface area contributed by atoms with Crippen LogP contribution in [0.4, 0.5) is 29.3 Å². The minimum atomic E-state index is -4.45. The molecule has 2 aromatic rings. The van der Waals surface area contributed by atoms with Crippen LogP contribution in [0.3, 0.4) is 0 Å². The number of rotatable bonds is 4. The molecule has 0 atom stereocenters. The average molecular weight is 406 g/mol. The van der Waals surface area contributed by atoms with E-state index < -0.39 is 30.2 Å². The lowest BCUT2D eigenvalue weighted by atomic mass is 10.2. The van der Waals surface area contributed by atoms with E-state index in [1.807, 2.05) is 0 Å². The number of benzene rings is 2. The van der Waals surface area contributed by atoms with Crippen LogP contribution in [0.25, 0.3) is 0 Å². The summed E-state index contributed by atoms with van der Waals surface area (Å²) in [4.78, 5) is 23.5. The van der Waals surface area contributed by atoms with E-state index >= 15 is 0 Å². The molecular weight excluding hydrogens is 394 g/mol.